The van der Waals surface area contributed by atoms with Gasteiger partial charge >= 0.3 is 0 Å². The molecule has 0 aromatic carbocycles. The van der Waals surface area contributed by atoms with Gasteiger partial charge in [0.1, 0.15) is 11.7 Å². The minimum Gasteiger partial charge on any atom is -0.337 e. The van der Waals surface area contributed by atoms with Crippen LogP contribution in [0.5, 0.6) is 0 Å². The maximum Gasteiger partial charge on any atom is 0.272 e. The highest BCUT2D eigenvalue weighted by Crippen LogP contribution is 2.35. The number of carbonyl (C=O) groups excluding carboxylic acids is 1. The summed E-state index contributed by atoms with van der Waals surface area (Å²) in [6.07, 6.45) is 2.39. The summed E-state index contributed by atoms with van der Waals surface area (Å²) in [5, 5.41) is 10.5. The van der Waals surface area contributed by atoms with Crippen LogP contribution >= 0.6 is 11.3 Å². The minimum atomic E-state index is -0.155. The first-order valence-electron chi connectivity index (χ1n) is 6.93. The van der Waals surface area contributed by atoms with Crippen LogP contribution in [0.4, 0.5) is 0 Å². The zero-order valence-electron chi connectivity index (χ0n) is 11.8. The van der Waals surface area contributed by atoms with Crippen LogP contribution in [0.2, 0.25) is 0 Å². The van der Waals surface area contributed by atoms with Crippen molar-refractivity contribution >= 4 is 17.2 Å². The maximum atomic E-state index is 12.3. The van der Waals surface area contributed by atoms with Crippen LogP contribution in [0.15, 0.2) is 28.9 Å². The van der Waals surface area contributed by atoms with Crippen LogP contribution in [0.1, 0.15) is 33.7 Å². The van der Waals surface area contributed by atoms with Crippen LogP contribution in [0.25, 0.3) is 10.7 Å². The summed E-state index contributed by atoms with van der Waals surface area (Å²) in [7, 11) is 0. The maximum absolute atomic E-state index is 12.3. The third-order valence-electron chi connectivity index (χ3n) is 3.70. The molecule has 1 atom stereocenters. The molecule has 22 heavy (non-hydrogen) atoms. The molecule has 1 amide bonds. The normalized spacial score (nSPS) is 17.5. The van der Waals surface area contributed by atoms with E-state index in [4.69, 9.17) is 4.52 Å². The highest BCUT2D eigenvalue weighted by molar-refractivity contribution is 7.15. The van der Waals surface area contributed by atoms with Gasteiger partial charge in [-0.1, -0.05) is 5.16 Å². The number of nitrogens with zero attached hydrogens (tertiary/aromatic N) is 4. The fourth-order valence-electron chi connectivity index (χ4n) is 2.44. The first kappa shape index (κ1) is 13.2. The van der Waals surface area contributed by atoms with E-state index in [1.807, 2.05) is 19.1 Å². The van der Waals surface area contributed by atoms with Gasteiger partial charge in [-0.3, -0.25) is 9.89 Å². The number of hydrogen-bond donors (Lipinski definition) is 1. The van der Waals surface area contributed by atoms with Gasteiger partial charge in [0.05, 0.1) is 4.88 Å². The summed E-state index contributed by atoms with van der Waals surface area (Å²) in [5.74, 6) is 0.967. The Kier molecular flexibility index (Phi) is 3.04. The Morgan fingerprint density at radius 1 is 1.45 bits per heavy atom. The Bertz CT molecular complexity index is 807. The van der Waals surface area contributed by atoms with Crippen molar-refractivity contribution in [1.82, 2.24) is 25.2 Å². The predicted octanol–water partition coefficient (Wildman–Crippen LogP) is 2.42. The number of carbonyl (C=O) groups is 1. The second-order valence-corrected chi connectivity index (χ2v) is 6.43. The van der Waals surface area contributed by atoms with Crippen molar-refractivity contribution in [3.63, 3.8) is 0 Å². The molecule has 112 valence electrons. The van der Waals surface area contributed by atoms with Gasteiger partial charge < -0.3 is 9.42 Å². The lowest BCUT2D eigenvalue weighted by atomic mass is 10.0. The number of aromatic nitrogens is 4. The molecule has 4 heterocycles. The van der Waals surface area contributed by atoms with Gasteiger partial charge in [-0.15, -0.1) is 11.3 Å². The number of likely N-dealkylation sites (tertiary alicyclic amines) is 1. The number of amides is 1. The number of aryl methyl sites for hydroxylation is 1. The lowest BCUT2D eigenvalue weighted by Crippen LogP contribution is -2.45. The lowest BCUT2D eigenvalue weighted by Gasteiger charge is -2.38. The quantitative estimate of drug-likeness (QED) is 0.802. The van der Waals surface area contributed by atoms with Gasteiger partial charge in [0.15, 0.2) is 0 Å². The molecular weight excluding hydrogens is 302 g/mol. The standard InChI is InChI=1S/C14H13N5O2S/c1-8-2-3-11(22-8)12-16-13(21-18-12)10-5-7-19(10)14(20)9-4-6-15-17-9/h2-4,6,10H,5,7H2,1H3,(H,15,17)/t10-/m1/s1. The number of thiophene rings is 1. The Balaban J connectivity index is 1.55. The van der Waals surface area contributed by atoms with Crippen LogP contribution in [-0.2, 0) is 0 Å². The average molecular weight is 315 g/mol. The van der Waals surface area contributed by atoms with E-state index in [0.29, 0.717) is 24.0 Å². The van der Waals surface area contributed by atoms with Gasteiger partial charge in [0.25, 0.3) is 5.91 Å². The summed E-state index contributed by atoms with van der Waals surface area (Å²) in [6, 6.07) is 5.50. The molecule has 1 aliphatic rings. The number of rotatable bonds is 3. The minimum absolute atomic E-state index is 0.0968. The fourth-order valence-corrected chi connectivity index (χ4v) is 3.24. The van der Waals surface area contributed by atoms with E-state index in [9.17, 15) is 4.79 Å². The molecular formula is C14H13N5O2S. The molecule has 0 saturated carbocycles. The molecule has 0 aliphatic carbocycles. The highest BCUT2D eigenvalue weighted by atomic mass is 32.1. The molecule has 3 aromatic heterocycles. The topological polar surface area (TPSA) is 87.9 Å². The third kappa shape index (κ3) is 2.12. The molecule has 4 rings (SSSR count). The highest BCUT2D eigenvalue weighted by Gasteiger charge is 2.38. The molecule has 1 aliphatic heterocycles. The molecule has 1 N–H and O–H groups in total. The lowest BCUT2D eigenvalue weighted by molar-refractivity contribution is 0.0373. The average Bonchev–Trinajstić information content (AvgIpc) is 3.17. The van der Waals surface area contributed by atoms with Crippen LogP contribution < -0.4 is 0 Å². The zero-order valence-corrected chi connectivity index (χ0v) is 12.6. The van der Waals surface area contributed by atoms with Gasteiger partial charge in [-0.05, 0) is 31.5 Å². The van der Waals surface area contributed by atoms with E-state index in [1.54, 1.807) is 28.5 Å². The van der Waals surface area contributed by atoms with Crippen molar-refractivity contribution in [2.45, 2.75) is 19.4 Å². The fraction of sp³-hybridized carbons (Fsp3) is 0.286. The van der Waals surface area contributed by atoms with Gasteiger partial charge in [-0.2, -0.15) is 10.1 Å². The van der Waals surface area contributed by atoms with E-state index in [2.05, 4.69) is 20.3 Å². The Labute approximate surface area is 130 Å². The summed E-state index contributed by atoms with van der Waals surface area (Å²) in [4.78, 5) is 20.6. The second kappa shape index (κ2) is 5.06. The van der Waals surface area contributed by atoms with Crippen molar-refractivity contribution < 1.29 is 9.32 Å². The van der Waals surface area contributed by atoms with Crippen molar-refractivity contribution in [2.75, 3.05) is 6.54 Å². The largest absolute Gasteiger partial charge is 0.337 e. The van der Waals surface area contributed by atoms with E-state index in [1.165, 1.54) is 4.88 Å². The van der Waals surface area contributed by atoms with Crippen LogP contribution in [-0.4, -0.2) is 37.7 Å². The van der Waals surface area contributed by atoms with Gasteiger partial charge in [-0.25, -0.2) is 0 Å². The zero-order chi connectivity index (χ0) is 15.1. The first-order valence-corrected chi connectivity index (χ1v) is 7.75. The van der Waals surface area contributed by atoms with E-state index >= 15 is 0 Å². The van der Waals surface area contributed by atoms with Crippen molar-refractivity contribution in [3.8, 4) is 10.7 Å². The molecule has 0 radical (unpaired) electrons. The summed E-state index contributed by atoms with van der Waals surface area (Å²) in [5.41, 5.74) is 0.471. The summed E-state index contributed by atoms with van der Waals surface area (Å²) < 4.78 is 5.36. The van der Waals surface area contributed by atoms with Gasteiger partial charge in [0.2, 0.25) is 11.7 Å². The molecule has 1 saturated heterocycles. The first-order chi connectivity index (χ1) is 10.7. The molecule has 8 heteroatoms. The molecule has 1 fully saturated rings. The molecule has 7 nitrogen and oxygen atoms in total. The smallest absolute Gasteiger partial charge is 0.272 e. The monoisotopic (exact) mass is 315 g/mol. The molecule has 3 aromatic rings. The Morgan fingerprint density at radius 3 is 3.00 bits per heavy atom. The van der Waals surface area contributed by atoms with E-state index < -0.39 is 0 Å². The number of hydrogen-bond acceptors (Lipinski definition) is 6. The second-order valence-electron chi connectivity index (χ2n) is 5.14. The predicted molar refractivity (Wildman–Crippen MR) is 79.3 cm³/mol. The molecule has 0 spiro atoms. The number of H-pyrrole nitrogens is 1. The van der Waals surface area contributed by atoms with Gasteiger partial charge in [0, 0.05) is 17.6 Å². The molecule has 0 bridgehead atoms. The Morgan fingerprint density at radius 2 is 2.36 bits per heavy atom. The third-order valence-corrected chi connectivity index (χ3v) is 4.70. The van der Waals surface area contributed by atoms with E-state index in [-0.39, 0.29) is 11.9 Å². The molecule has 0 unspecified atom stereocenters. The SMILES string of the molecule is Cc1ccc(-c2noc([C@H]3CCN3C(=O)c3ccn[nH]3)n2)s1. The van der Waals surface area contributed by atoms with Crippen molar-refractivity contribution in [3.05, 3.63) is 40.9 Å². The number of nitrogens with one attached hydrogen (secondary N) is 1. The van der Waals surface area contributed by atoms with Crippen LogP contribution in [0, 0.1) is 6.92 Å². The summed E-state index contributed by atoms with van der Waals surface area (Å²) in [6.45, 7) is 2.71. The number of aromatic amines is 1. The van der Waals surface area contributed by atoms with Crippen molar-refractivity contribution in [1.29, 1.82) is 0 Å². The van der Waals surface area contributed by atoms with Crippen LogP contribution in [0.3, 0.4) is 0 Å². The summed E-state index contributed by atoms with van der Waals surface area (Å²) >= 11 is 1.62. The van der Waals surface area contributed by atoms with Crippen molar-refractivity contribution in [2.24, 2.45) is 0 Å². The van der Waals surface area contributed by atoms with E-state index in [0.717, 1.165) is 11.3 Å². The Hall–Kier alpha value is -2.48.